The van der Waals surface area contributed by atoms with Crippen molar-refractivity contribution in [1.82, 2.24) is 10.6 Å². The fraction of sp³-hybridized carbons (Fsp3) is 0.286. The molecule has 2 rings (SSSR count). The van der Waals surface area contributed by atoms with Crippen LogP contribution >= 0.6 is 22.6 Å². The van der Waals surface area contributed by atoms with Crippen molar-refractivity contribution in [2.24, 2.45) is 0 Å². The van der Waals surface area contributed by atoms with Crippen LogP contribution in [0.5, 0.6) is 0 Å². The SMILES string of the molecule is COC(=O)[C@@H](Cc1ccccc1I)NC(=O)[C@H](Cc1ccccc1)NC(C)=O. The maximum absolute atomic E-state index is 12.9. The highest BCUT2D eigenvalue weighted by molar-refractivity contribution is 14.1. The first-order valence-corrected chi connectivity index (χ1v) is 9.91. The van der Waals surface area contributed by atoms with Crippen molar-refractivity contribution in [3.63, 3.8) is 0 Å². The lowest BCUT2D eigenvalue weighted by atomic mass is 10.0. The third-order valence-electron chi connectivity index (χ3n) is 4.16. The molecule has 6 nitrogen and oxygen atoms in total. The highest BCUT2D eigenvalue weighted by Crippen LogP contribution is 2.14. The van der Waals surface area contributed by atoms with Gasteiger partial charge in [-0.2, -0.15) is 0 Å². The lowest BCUT2D eigenvalue weighted by Gasteiger charge is -2.22. The summed E-state index contributed by atoms with van der Waals surface area (Å²) < 4.78 is 5.85. The van der Waals surface area contributed by atoms with Gasteiger partial charge in [0.05, 0.1) is 7.11 Å². The minimum atomic E-state index is -0.847. The smallest absolute Gasteiger partial charge is 0.328 e. The van der Waals surface area contributed by atoms with Gasteiger partial charge in [0.25, 0.3) is 0 Å². The van der Waals surface area contributed by atoms with E-state index in [9.17, 15) is 14.4 Å². The maximum atomic E-state index is 12.9. The van der Waals surface area contributed by atoms with E-state index in [1.54, 1.807) is 0 Å². The van der Waals surface area contributed by atoms with E-state index in [4.69, 9.17) is 4.74 Å². The summed E-state index contributed by atoms with van der Waals surface area (Å²) in [6.07, 6.45) is 0.624. The maximum Gasteiger partial charge on any atom is 0.328 e. The van der Waals surface area contributed by atoms with E-state index in [0.29, 0.717) is 12.8 Å². The van der Waals surface area contributed by atoms with Crippen molar-refractivity contribution in [2.45, 2.75) is 31.8 Å². The Morgan fingerprint density at radius 2 is 1.57 bits per heavy atom. The molecule has 0 aromatic heterocycles. The number of hydrogen-bond donors (Lipinski definition) is 2. The topological polar surface area (TPSA) is 84.5 Å². The number of nitrogens with one attached hydrogen (secondary N) is 2. The largest absolute Gasteiger partial charge is 0.467 e. The molecule has 0 aliphatic heterocycles. The molecule has 0 bridgehead atoms. The lowest BCUT2D eigenvalue weighted by molar-refractivity contribution is -0.145. The van der Waals surface area contributed by atoms with E-state index in [-0.39, 0.29) is 5.91 Å². The van der Waals surface area contributed by atoms with Gasteiger partial charge in [0.2, 0.25) is 11.8 Å². The minimum absolute atomic E-state index is 0.301. The average Bonchev–Trinajstić information content (AvgIpc) is 2.68. The molecule has 28 heavy (non-hydrogen) atoms. The third kappa shape index (κ3) is 6.63. The van der Waals surface area contributed by atoms with E-state index >= 15 is 0 Å². The number of methoxy groups -OCH3 is 1. The molecule has 0 spiro atoms. The van der Waals surface area contributed by atoms with Crippen molar-refractivity contribution in [3.8, 4) is 0 Å². The first kappa shape index (κ1) is 21.9. The number of carbonyl (C=O) groups excluding carboxylic acids is 3. The molecule has 2 aromatic rings. The average molecular weight is 494 g/mol. The zero-order chi connectivity index (χ0) is 20.5. The van der Waals surface area contributed by atoms with Gasteiger partial charge in [-0.25, -0.2) is 4.79 Å². The van der Waals surface area contributed by atoms with Gasteiger partial charge in [-0.05, 0) is 39.8 Å². The molecule has 148 valence electrons. The molecule has 0 saturated heterocycles. The highest BCUT2D eigenvalue weighted by Gasteiger charge is 2.27. The number of carbonyl (C=O) groups is 3. The van der Waals surface area contributed by atoms with E-state index in [2.05, 4.69) is 33.2 Å². The summed E-state index contributed by atoms with van der Waals surface area (Å²) in [6.45, 7) is 1.36. The first-order valence-electron chi connectivity index (χ1n) is 8.83. The van der Waals surface area contributed by atoms with Crippen LogP contribution in [0.15, 0.2) is 54.6 Å². The number of ether oxygens (including phenoxy) is 1. The molecule has 2 atom stereocenters. The van der Waals surface area contributed by atoms with Crippen molar-refractivity contribution in [3.05, 3.63) is 69.3 Å². The van der Waals surface area contributed by atoms with Crippen LogP contribution in [-0.4, -0.2) is 37.0 Å². The second-order valence-corrected chi connectivity index (χ2v) is 7.48. The Bertz CT molecular complexity index is 826. The third-order valence-corrected chi connectivity index (χ3v) is 5.21. The summed E-state index contributed by atoms with van der Waals surface area (Å²) in [7, 11) is 1.28. The Kier molecular flexibility index (Phi) is 8.43. The summed E-state index contributed by atoms with van der Waals surface area (Å²) in [5.74, 6) is -1.28. The second-order valence-electron chi connectivity index (χ2n) is 6.32. The quantitative estimate of drug-likeness (QED) is 0.436. The Labute approximate surface area is 178 Å². The van der Waals surface area contributed by atoms with Crippen LogP contribution in [0.1, 0.15) is 18.1 Å². The van der Waals surface area contributed by atoms with E-state index in [1.807, 2.05) is 54.6 Å². The molecule has 0 saturated carbocycles. The van der Waals surface area contributed by atoms with Gasteiger partial charge in [-0.15, -0.1) is 0 Å². The highest BCUT2D eigenvalue weighted by atomic mass is 127. The molecule has 2 aromatic carbocycles. The number of halogens is 1. The minimum Gasteiger partial charge on any atom is -0.467 e. The van der Waals surface area contributed by atoms with Crippen LogP contribution in [0.25, 0.3) is 0 Å². The van der Waals surface area contributed by atoms with E-state index in [0.717, 1.165) is 14.7 Å². The van der Waals surface area contributed by atoms with Crippen LogP contribution in [0.2, 0.25) is 0 Å². The molecule has 0 fully saturated rings. The summed E-state index contributed by atoms with van der Waals surface area (Å²) >= 11 is 2.19. The van der Waals surface area contributed by atoms with Crippen molar-refractivity contribution in [1.29, 1.82) is 0 Å². The number of rotatable bonds is 8. The van der Waals surface area contributed by atoms with Gasteiger partial charge >= 0.3 is 5.97 Å². The predicted octanol–water partition coefficient (Wildman–Crippen LogP) is 2.24. The molecule has 7 heteroatoms. The van der Waals surface area contributed by atoms with Gasteiger partial charge in [-0.1, -0.05) is 48.5 Å². The van der Waals surface area contributed by atoms with Crippen LogP contribution < -0.4 is 10.6 Å². The Morgan fingerprint density at radius 1 is 0.929 bits per heavy atom. The molecule has 0 heterocycles. The van der Waals surface area contributed by atoms with Crippen molar-refractivity contribution < 1.29 is 19.1 Å². The Hall–Kier alpha value is -2.42. The Balaban J connectivity index is 2.17. The molecule has 2 amide bonds. The zero-order valence-corrected chi connectivity index (χ0v) is 17.9. The molecular weight excluding hydrogens is 471 g/mol. The fourth-order valence-corrected chi connectivity index (χ4v) is 3.40. The second kappa shape index (κ2) is 10.8. The van der Waals surface area contributed by atoms with Gasteiger partial charge in [0, 0.05) is 23.3 Å². The standard InChI is InChI=1S/C21H23IN2O4/c1-14(25)23-18(12-15-8-4-3-5-9-15)20(26)24-19(21(27)28-2)13-16-10-6-7-11-17(16)22/h3-11,18-19H,12-13H2,1-2H3,(H,23,25)(H,24,26)/t18-,19+/m0/s1. The molecule has 0 radical (unpaired) electrons. The van der Waals surface area contributed by atoms with Crippen molar-refractivity contribution in [2.75, 3.05) is 7.11 Å². The summed E-state index contributed by atoms with van der Waals surface area (Å²) in [6, 6.07) is 15.4. The molecule has 0 unspecified atom stereocenters. The van der Waals surface area contributed by atoms with Crippen LogP contribution in [0.3, 0.4) is 0 Å². The summed E-state index contributed by atoms with van der Waals surface area (Å²) in [4.78, 5) is 36.7. The van der Waals surface area contributed by atoms with E-state index < -0.39 is 24.0 Å². The fourth-order valence-electron chi connectivity index (χ4n) is 2.80. The van der Waals surface area contributed by atoms with Crippen LogP contribution in [-0.2, 0) is 32.0 Å². The van der Waals surface area contributed by atoms with Crippen molar-refractivity contribution >= 4 is 40.4 Å². The number of hydrogen-bond acceptors (Lipinski definition) is 4. The van der Waals surface area contributed by atoms with Crippen LogP contribution in [0.4, 0.5) is 0 Å². The van der Waals surface area contributed by atoms with Gasteiger partial charge in [-0.3, -0.25) is 9.59 Å². The normalized spacial score (nSPS) is 12.5. The van der Waals surface area contributed by atoms with Gasteiger partial charge in [0.15, 0.2) is 0 Å². The molecular formula is C21H23IN2O4. The number of benzene rings is 2. The van der Waals surface area contributed by atoms with Crippen LogP contribution in [0, 0.1) is 3.57 Å². The number of amides is 2. The summed E-state index contributed by atoms with van der Waals surface area (Å²) in [5, 5.41) is 5.40. The summed E-state index contributed by atoms with van der Waals surface area (Å²) in [5.41, 5.74) is 1.83. The first-order chi connectivity index (χ1) is 13.4. The molecule has 0 aliphatic carbocycles. The zero-order valence-electron chi connectivity index (χ0n) is 15.8. The lowest BCUT2D eigenvalue weighted by Crippen LogP contribution is -2.53. The van der Waals surface area contributed by atoms with E-state index in [1.165, 1.54) is 14.0 Å². The molecule has 0 aliphatic rings. The molecule has 2 N–H and O–H groups in total. The predicted molar refractivity (Wildman–Crippen MR) is 115 cm³/mol. The van der Waals surface area contributed by atoms with Gasteiger partial charge in [0.1, 0.15) is 12.1 Å². The number of esters is 1. The van der Waals surface area contributed by atoms with Gasteiger partial charge < -0.3 is 15.4 Å². The Morgan fingerprint density at radius 3 is 2.18 bits per heavy atom. The monoisotopic (exact) mass is 494 g/mol.